The molecule has 7 N–H and O–H groups in total. The van der Waals surface area contributed by atoms with Crippen LogP contribution in [0.15, 0.2) is 127 Å². The van der Waals surface area contributed by atoms with Crippen molar-refractivity contribution in [2.45, 2.75) is 4.90 Å². The number of hydrogen-bond donors (Lipinski definition) is 7. The van der Waals surface area contributed by atoms with Crippen LogP contribution in [0, 0.1) is 0 Å². The summed E-state index contributed by atoms with van der Waals surface area (Å²) in [6.07, 6.45) is 0. The number of fused-ring (bicyclic) bond motifs is 1. The molecule has 0 bridgehead atoms. The van der Waals surface area contributed by atoms with Crippen molar-refractivity contribution >= 4 is 61.2 Å². The van der Waals surface area contributed by atoms with E-state index in [0.29, 0.717) is 28.2 Å². The Labute approximate surface area is 354 Å². The Morgan fingerprint density at radius 1 is 0.642 bits per heavy atom. The van der Waals surface area contributed by atoms with E-state index in [2.05, 4.69) is 40.7 Å². The summed E-state index contributed by atoms with van der Waals surface area (Å²) in [6, 6.07) is 21.0. The van der Waals surface area contributed by atoms with E-state index in [1.165, 1.54) is 30.3 Å². The number of aromatic nitrogens is 2. The first-order chi connectivity index (χ1) is 23.9. The summed E-state index contributed by atoms with van der Waals surface area (Å²) < 4.78 is 32.1. The van der Waals surface area contributed by atoms with Crippen molar-refractivity contribution in [1.82, 2.24) is 9.97 Å². The first-order valence-electron chi connectivity index (χ1n) is 14.1. The quantitative estimate of drug-likeness (QED) is 0.0636. The molecule has 0 amide bonds. The Kier molecular flexibility index (Phi) is 14.6. The van der Waals surface area contributed by atoms with E-state index in [0.717, 1.165) is 23.8 Å². The molecule has 0 unspecified atom stereocenters. The van der Waals surface area contributed by atoms with E-state index in [9.17, 15) is 38.2 Å². The maximum Gasteiger partial charge on any atom is 1.00 e. The van der Waals surface area contributed by atoms with E-state index in [1.807, 2.05) is 0 Å². The van der Waals surface area contributed by atoms with Crippen molar-refractivity contribution in [3.8, 4) is 34.4 Å². The van der Waals surface area contributed by atoms with Gasteiger partial charge in [0, 0.05) is 22.6 Å². The number of nitrogens with one attached hydrogen (secondary N) is 1. The maximum absolute atomic E-state index is 11.4. The number of azo groups is 3. The summed E-state index contributed by atoms with van der Waals surface area (Å²) in [5.41, 5.74) is 1.86. The predicted octanol–water partition coefficient (Wildman–Crippen LogP) is 2.25. The van der Waals surface area contributed by atoms with Crippen molar-refractivity contribution in [2.75, 3.05) is 0 Å². The molecule has 0 saturated carbocycles. The van der Waals surface area contributed by atoms with Crippen LogP contribution in [0.1, 0.15) is 10.4 Å². The van der Waals surface area contributed by atoms with Crippen LogP contribution in [-0.2, 0) is 27.2 Å². The number of phenols is 4. The number of aromatic hydroxyl groups is 4. The van der Waals surface area contributed by atoms with E-state index in [-0.39, 0.29) is 110 Å². The van der Waals surface area contributed by atoms with Gasteiger partial charge in [0.1, 0.15) is 40.0 Å². The minimum absolute atomic E-state index is 0. The molecule has 0 aliphatic carbocycles. The molecule has 1 aromatic heterocycles. The van der Waals surface area contributed by atoms with Crippen molar-refractivity contribution in [3.05, 3.63) is 96.6 Å². The molecule has 0 aliphatic rings. The minimum atomic E-state index is -4.58. The van der Waals surface area contributed by atoms with Crippen molar-refractivity contribution in [3.63, 3.8) is 0 Å². The summed E-state index contributed by atoms with van der Waals surface area (Å²) in [5.74, 6) is -2.61. The molecular formula is C32H22CuN8Na2O9S+2. The third kappa shape index (κ3) is 10.1. The summed E-state index contributed by atoms with van der Waals surface area (Å²) in [5, 5.41) is 73.6. The zero-order valence-electron chi connectivity index (χ0n) is 27.4. The minimum Gasteiger partial charge on any atom is -0.507 e. The molecule has 6 aromatic rings. The largest absolute Gasteiger partial charge is 1.00 e. The topological polar surface area (TPSA) is 275 Å². The Morgan fingerprint density at radius 3 is 1.92 bits per heavy atom. The third-order valence-electron chi connectivity index (χ3n) is 6.98. The Balaban J connectivity index is 0.00000252. The number of imidazole rings is 1. The molecule has 0 atom stereocenters. The van der Waals surface area contributed by atoms with E-state index in [1.54, 1.807) is 42.5 Å². The Bertz CT molecular complexity index is 2520. The molecule has 0 aliphatic heterocycles. The van der Waals surface area contributed by atoms with Gasteiger partial charge in [-0.2, -0.15) is 23.8 Å². The zero-order chi connectivity index (χ0) is 35.6. The zero-order valence-corrected chi connectivity index (χ0v) is 33.2. The normalized spacial score (nSPS) is 11.4. The van der Waals surface area contributed by atoms with Crippen LogP contribution >= 0.6 is 0 Å². The van der Waals surface area contributed by atoms with Gasteiger partial charge < -0.3 is 30.5 Å². The number of aromatic carboxylic acids is 1. The number of nitrogens with zero attached hydrogens (tertiary/aromatic N) is 7. The van der Waals surface area contributed by atoms with E-state index < -0.39 is 38.2 Å². The second kappa shape index (κ2) is 18.0. The first kappa shape index (κ1) is 42.9. The van der Waals surface area contributed by atoms with E-state index >= 15 is 0 Å². The number of carbonyl (C=O) groups is 1. The van der Waals surface area contributed by atoms with Gasteiger partial charge in [0.25, 0.3) is 10.1 Å². The second-order valence-corrected chi connectivity index (χ2v) is 11.8. The van der Waals surface area contributed by atoms with Crippen molar-refractivity contribution in [1.29, 1.82) is 0 Å². The van der Waals surface area contributed by atoms with Gasteiger partial charge in [0.05, 0.1) is 33.0 Å². The molecular weight excluding hydrogens is 782 g/mol. The fourth-order valence-corrected chi connectivity index (χ4v) is 4.95. The Morgan fingerprint density at radius 2 is 1.23 bits per heavy atom. The number of phenolic OH excluding ortho intramolecular Hbond substituents is 3. The number of aromatic amines is 1. The number of benzene rings is 5. The number of carboxylic acid groups (broad SMARTS) is 1. The molecule has 1 radical (unpaired) electrons. The van der Waals surface area contributed by atoms with E-state index in [4.69, 9.17) is 5.11 Å². The number of carboxylic acids is 1. The molecule has 261 valence electrons. The summed E-state index contributed by atoms with van der Waals surface area (Å²) >= 11 is 0. The van der Waals surface area contributed by atoms with Crippen LogP contribution in [0.2, 0.25) is 0 Å². The van der Waals surface area contributed by atoms with Gasteiger partial charge in [-0.3, -0.25) is 4.55 Å². The van der Waals surface area contributed by atoms with Gasteiger partial charge in [0.2, 0.25) is 0 Å². The summed E-state index contributed by atoms with van der Waals surface area (Å²) in [4.78, 5) is 18.5. The van der Waals surface area contributed by atoms with Gasteiger partial charge in [-0.05, 0) is 91.0 Å². The Hall–Kier alpha value is -4.53. The van der Waals surface area contributed by atoms with Crippen molar-refractivity contribution in [2.24, 2.45) is 30.7 Å². The molecule has 21 heteroatoms. The molecule has 6 rings (SSSR count). The van der Waals surface area contributed by atoms with Gasteiger partial charge in [-0.25, -0.2) is 9.78 Å². The molecule has 1 heterocycles. The molecule has 0 saturated heterocycles. The van der Waals surface area contributed by atoms with Gasteiger partial charge in [-0.1, -0.05) is 0 Å². The molecule has 0 fully saturated rings. The standard InChI is InChI=1S/C32H22N8O9S.Cu.2Na/c41-26-10-6-18(13-21(26)32(45)46)36-35-17-3-1-16(2-4-17)31-33-22-8-5-19(14-24(22)34-31)37-40-29-28(43)12-9-23(30(29)44)38-39-25-15-20(50(47,48)49)7-11-27(25)42;;;/h1-15,41-44H,(H,33,34)(H,45,46)(H,47,48,49);;;/q;;2*+1. The monoisotopic (exact) mass is 803 g/mol. The summed E-state index contributed by atoms with van der Waals surface area (Å²) in [7, 11) is -4.58. The fraction of sp³-hybridized carbons (Fsp3) is 0. The average Bonchev–Trinajstić information content (AvgIpc) is 3.51. The predicted molar refractivity (Wildman–Crippen MR) is 177 cm³/mol. The average molecular weight is 804 g/mol. The number of rotatable bonds is 9. The molecule has 0 spiro atoms. The number of H-pyrrole nitrogens is 1. The van der Waals surface area contributed by atoms with Crippen LogP contribution in [0.25, 0.3) is 22.4 Å². The van der Waals surface area contributed by atoms with Crippen LogP contribution in [0.3, 0.4) is 0 Å². The van der Waals surface area contributed by atoms with Crippen LogP contribution in [-0.4, -0.2) is 54.4 Å². The molecule has 17 nitrogen and oxygen atoms in total. The second-order valence-electron chi connectivity index (χ2n) is 10.4. The van der Waals surface area contributed by atoms with Crippen LogP contribution in [0.4, 0.5) is 34.1 Å². The molecule has 53 heavy (non-hydrogen) atoms. The van der Waals surface area contributed by atoms with Gasteiger partial charge in [0.15, 0.2) is 11.4 Å². The van der Waals surface area contributed by atoms with Crippen LogP contribution < -0.4 is 59.1 Å². The van der Waals surface area contributed by atoms with Gasteiger partial charge in [-0.15, -0.1) is 15.3 Å². The SMILES string of the molecule is O=C(O)c1cc(N=Nc2ccc(-c3nc4cc(N=Nc5c(O)ccc(N=Nc6cc(S(=O)(=O)O)ccc6O)c5O)ccc4[nH]3)cc2)ccc1O.[Cu].[Na+].[Na+]. The fourth-order valence-electron chi connectivity index (χ4n) is 4.45. The van der Waals surface area contributed by atoms with Crippen molar-refractivity contribution < 1.29 is 119 Å². The third-order valence-corrected chi connectivity index (χ3v) is 7.83. The van der Waals surface area contributed by atoms with Gasteiger partial charge >= 0.3 is 65.1 Å². The first-order valence-corrected chi connectivity index (χ1v) is 15.6. The molecule has 5 aromatic carbocycles. The maximum atomic E-state index is 11.4. The summed E-state index contributed by atoms with van der Waals surface area (Å²) in [6.45, 7) is 0. The number of hydrogen-bond acceptors (Lipinski definition) is 14. The van der Waals surface area contributed by atoms with Crippen LogP contribution in [0.5, 0.6) is 23.0 Å². The smallest absolute Gasteiger partial charge is 0.507 e.